The fourth-order valence-corrected chi connectivity index (χ4v) is 1.37. The second-order valence-electron chi connectivity index (χ2n) is 2.75. The third-order valence-corrected chi connectivity index (χ3v) is 2.02. The molecule has 0 fully saturated rings. The first-order valence-corrected chi connectivity index (χ1v) is 3.75. The van der Waals surface area contributed by atoms with Gasteiger partial charge in [0.2, 0.25) is 0 Å². The average Bonchev–Trinajstić information content (AvgIpc) is 2.48. The summed E-state index contributed by atoms with van der Waals surface area (Å²) in [5.41, 5.74) is 3.15. The largest absolute Gasteiger partial charge is 0.461 e. The van der Waals surface area contributed by atoms with E-state index in [0.29, 0.717) is 5.76 Å². The maximum absolute atomic E-state index is 10.5. The van der Waals surface area contributed by atoms with Gasteiger partial charge in [0.15, 0.2) is 12.0 Å². The standard InChI is InChI=1S/C10H8O2/c1-7-2-3-9-8(7)4-5-12-10(9)6-11/h2-6H,1H3. The quantitative estimate of drug-likeness (QED) is 0.600. The second-order valence-corrected chi connectivity index (χ2v) is 2.75. The number of aldehydes is 1. The Morgan fingerprint density at radius 3 is 2.83 bits per heavy atom. The molecule has 0 saturated heterocycles. The van der Waals surface area contributed by atoms with E-state index in [2.05, 4.69) is 0 Å². The van der Waals surface area contributed by atoms with Crippen LogP contribution in [0.4, 0.5) is 0 Å². The van der Waals surface area contributed by atoms with Crippen LogP contribution < -0.4 is 0 Å². The maximum atomic E-state index is 10.5. The van der Waals surface area contributed by atoms with Crippen LogP contribution >= 0.6 is 0 Å². The van der Waals surface area contributed by atoms with Gasteiger partial charge in [0.25, 0.3) is 0 Å². The summed E-state index contributed by atoms with van der Waals surface area (Å²) in [6, 6.07) is 5.75. The van der Waals surface area contributed by atoms with Gasteiger partial charge in [0, 0.05) is 5.56 Å². The first-order chi connectivity index (χ1) is 5.83. The van der Waals surface area contributed by atoms with Crippen molar-refractivity contribution in [3.8, 4) is 11.1 Å². The first-order valence-electron chi connectivity index (χ1n) is 3.75. The minimum absolute atomic E-state index is 0.403. The van der Waals surface area contributed by atoms with Crippen LogP contribution in [0.3, 0.4) is 0 Å². The lowest BCUT2D eigenvalue weighted by Gasteiger charge is -2.00. The highest BCUT2D eigenvalue weighted by atomic mass is 16.3. The van der Waals surface area contributed by atoms with Crippen molar-refractivity contribution in [1.82, 2.24) is 0 Å². The number of carbonyl (C=O) groups excluding carboxylic acids is 1. The van der Waals surface area contributed by atoms with Gasteiger partial charge in [0.05, 0.1) is 6.26 Å². The number of rotatable bonds is 1. The van der Waals surface area contributed by atoms with Crippen molar-refractivity contribution in [3.63, 3.8) is 0 Å². The molecule has 60 valence electrons. The van der Waals surface area contributed by atoms with E-state index in [1.54, 1.807) is 6.26 Å². The van der Waals surface area contributed by atoms with Crippen LogP contribution in [0.5, 0.6) is 0 Å². The Kier molecular flexibility index (Phi) is 1.47. The molecule has 0 unspecified atom stereocenters. The van der Waals surface area contributed by atoms with Gasteiger partial charge in [-0.15, -0.1) is 0 Å². The Morgan fingerprint density at radius 2 is 2.08 bits per heavy atom. The molecule has 0 atom stereocenters. The summed E-state index contributed by atoms with van der Waals surface area (Å²) >= 11 is 0. The number of fused-ring (bicyclic) bond motifs is 1. The Balaban J connectivity index is 2.76. The van der Waals surface area contributed by atoms with Gasteiger partial charge in [0.1, 0.15) is 0 Å². The van der Waals surface area contributed by atoms with E-state index in [-0.39, 0.29) is 0 Å². The molecule has 0 radical (unpaired) electrons. The zero-order chi connectivity index (χ0) is 8.55. The fourth-order valence-electron chi connectivity index (χ4n) is 1.37. The second kappa shape index (κ2) is 2.48. The highest BCUT2D eigenvalue weighted by molar-refractivity contribution is 5.86. The van der Waals surface area contributed by atoms with Crippen molar-refractivity contribution in [2.24, 2.45) is 0 Å². The molecule has 1 aliphatic carbocycles. The molecule has 0 spiro atoms. The molecule has 0 amide bonds. The van der Waals surface area contributed by atoms with Crippen LogP contribution in [-0.4, -0.2) is 6.29 Å². The van der Waals surface area contributed by atoms with Gasteiger partial charge in [-0.3, -0.25) is 4.79 Å². The van der Waals surface area contributed by atoms with Crippen LogP contribution in [0.25, 0.3) is 11.1 Å². The number of carbonyl (C=O) groups is 1. The van der Waals surface area contributed by atoms with E-state index >= 15 is 0 Å². The van der Waals surface area contributed by atoms with Gasteiger partial charge >= 0.3 is 0 Å². The molecular weight excluding hydrogens is 152 g/mol. The minimum Gasteiger partial charge on any atom is -0.461 e. The van der Waals surface area contributed by atoms with Crippen molar-refractivity contribution in [3.05, 3.63) is 35.8 Å². The predicted molar refractivity (Wildman–Crippen MR) is 45.5 cm³/mol. The lowest BCUT2D eigenvalue weighted by molar-refractivity contribution is 0.109. The van der Waals surface area contributed by atoms with Crippen molar-refractivity contribution in [2.45, 2.75) is 6.92 Å². The molecular formula is C10H8O2. The summed E-state index contributed by atoms with van der Waals surface area (Å²) in [6.07, 6.45) is 2.28. The maximum Gasteiger partial charge on any atom is 0.185 e. The summed E-state index contributed by atoms with van der Waals surface area (Å²) < 4.78 is 5.03. The molecule has 0 saturated carbocycles. The molecule has 0 N–H and O–H groups in total. The molecule has 0 aromatic heterocycles. The first kappa shape index (κ1) is 7.10. The van der Waals surface area contributed by atoms with Crippen LogP contribution in [-0.2, 0) is 0 Å². The topological polar surface area (TPSA) is 30.2 Å². The fraction of sp³-hybridized carbons (Fsp3) is 0.100. The number of aryl methyl sites for hydroxylation is 1. The number of hydrogen-bond acceptors (Lipinski definition) is 2. The van der Waals surface area contributed by atoms with E-state index in [9.17, 15) is 4.79 Å². The van der Waals surface area contributed by atoms with E-state index in [1.807, 2.05) is 25.1 Å². The summed E-state index contributed by atoms with van der Waals surface area (Å²) in [5.74, 6) is 0.403. The van der Waals surface area contributed by atoms with Gasteiger partial charge in [-0.25, -0.2) is 0 Å². The molecule has 2 rings (SSSR count). The van der Waals surface area contributed by atoms with Gasteiger partial charge in [-0.2, -0.15) is 0 Å². The molecule has 2 aliphatic rings. The summed E-state index contributed by atoms with van der Waals surface area (Å²) in [6.45, 7) is 2.01. The van der Waals surface area contributed by atoms with Crippen LogP contribution in [0, 0.1) is 6.92 Å². The third kappa shape index (κ3) is 0.848. The van der Waals surface area contributed by atoms with Crippen LogP contribution in [0.1, 0.15) is 16.1 Å². The SMILES string of the molecule is Cc1ccc2c(C=O)occc1-2. The third-order valence-electron chi connectivity index (χ3n) is 2.02. The van der Waals surface area contributed by atoms with E-state index < -0.39 is 0 Å². The molecule has 0 bridgehead atoms. The highest BCUT2D eigenvalue weighted by Crippen LogP contribution is 2.29. The summed E-state index contributed by atoms with van der Waals surface area (Å²) in [5, 5.41) is 0. The van der Waals surface area contributed by atoms with Crippen molar-refractivity contribution in [2.75, 3.05) is 0 Å². The van der Waals surface area contributed by atoms with Crippen molar-refractivity contribution in [1.29, 1.82) is 0 Å². The van der Waals surface area contributed by atoms with Gasteiger partial charge < -0.3 is 4.42 Å². The monoisotopic (exact) mass is 160 g/mol. The van der Waals surface area contributed by atoms with Gasteiger partial charge in [-0.1, -0.05) is 12.1 Å². The Morgan fingerprint density at radius 1 is 1.25 bits per heavy atom. The molecule has 12 heavy (non-hydrogen) atoms. The Bertz CT molecular complexity index is 387. The molecule has 1 heterocycles. The van der Waals surface area contributed by atoms with Crippen LogP contribution in [0.2, 0.25) is 0 Å². The number of hydrogen-bond donors (Lipinski definition) is 0. The van der Waals surface area contributed by atoms with E-state index in [4.69, 9.17) is 4.42 Å². The lowest BCUT2D eigenvalue weighted by atomic mass is 10.1. The molecule has 0 aromatic rings. The highest BCUT2D eigenvalue weighted by Gasteiger charge is 2.11. The Hall–Kier alpha value is -1.57. The van der Waals surface area contributed by atoms with E-state index in [0.717, 1.165) is 17.4 Å². The zero-order valence-electron chi connectivity index (χ0n) is 6.70. The molecule has 2 nitrogen and oxygen atoms in total. The molecule has 2 heteroatoms. The van der Waals surface area contributed by atoms with Crippen molar-refractivity contribution < 1.29 is 9.21 Å². The normalized spacial score (nSPS) is 10.4. The molecule has 1 aliphatic heterocycles. The Labute approximate surface area is 70.2 Å². The summed E-state index contributed by atoms with van der Waals surface area (Å²) in [7, 11) is 0. The molecule has 0 aromatic carbocycles. The average molecular weight is 160 g/mol. The smallest absolute Gasteiger partial charge is 0.185 e. The van der Waals surface area contributed by atoms with Crippen molar-refractivity contribution >= 4 is 6.29 Å². The van der Waals surface area contributed by atoms with E-state index in [1.165, 1.54) is 5.56 Å². The lowest BCUT2D eigenvalue weighted by Crippen LogP contribution is -1.84. The van der Waals surface area contributed by atoms with Gasteiger partial charge in [-0.05, 0) is 24.1 Å². The van der Waals surface area contributed by atoms with Crippen LogP contribution in [0.15, 0.2) is 28.9 Å². The zero-order valence-corrected chi connectivity index (χ0v) is 6.70. The predicted octanol–water partition coefficient (Wildman–Crippen LogP) is 2.51. The minimum atomic E-state index is 0.403. The summed E-state index contributed by atoms with van der Waals surface area (Å²) in [4.78, 5) is 10.5.